The van der Waals surface area contributed by atoms with E-state index in [0.29, 0.717) is 67.6 Å². The second kappa shape index (κ2) is 52.6. The summed E-state index contributed by atoms with van der Waals surface area (Å²) in [5.41, 5.74) is 17.1. The van der Waals surface area contributed by atoms with Gasteiger partial charge in [-0.15, -0.1) is 216 Å². The molecule has 0 saturated heterocycles. The van der Waals surface area contributed by atoms with Crippen molar-refractivity contribution in [1.29, 1.82) is 0 Å². The van der Waals surface area contributed by atoms with Gasteiger partial charge in [0.1, 0.15) is 0 Å². The molecule has 16 heterocycles. The Morgan fingerprint density at radius 2 is 0.534 bits per heavy atom. The van der Waals surface area contributed by atoms with Gasteiger partial charge in [-0.1, -0.05) is 208 Å². The number of fused-ring (bicyclic) bond motifs is 12. The SMILES string of the molecule is [2H]C(C)(C)c1ccnc(-c2[c-]ccc3c2oc2ncccc23)c1.[2H]C([2H])([2H])C([2H])(C)c1ccc(-c2[c-]cccc2)nc1.[2H]C([2H])([2H])C([2H])(c1ccnc(-c2[c-]ccc3c2oc2nc(C)ccc23)c1)C([2H])([2H])[2H].[2H]C([2H])([2H])C([2H])(c1ccnc(-c2[c-]ccc3c2oc2nc(C)ccc23)c1)C([2H])([2H])[2H].[2H]C([2H])([2H])C([2H])(c1ccnc(-c2[c-]ccc3c2oc2ncccc23)c1)C([2H])([2H])[2H].[2H]C([2H])([2H])c1ccc(-c2[c-]cccc2)nc1.[2H]C([2H])([2H])c1ccc(-c2[c-]cccc2)nc1.[2H]C([2H])([2H])c1ccc(-c2[c-]cccc2)nc1.[Ir].[Ir].[Ir].[Ir]. The Bertz CT molecular complexity index is 9560. The number of hydrogen-bond donors (Lipinski definition) is 0. The Morgan fingerprint density at radius 3 is 0.804 bits per heavy atom. The van der Waals surface area contributed by atoms with Crippen LogP contribution in [0.5, 0.6) is 0 Å². The van der Waals surface area contributed by atoms with Gasteiger partial charge in [0.15, 0.2) is 0 Å². The number of furan rings is 4. The van der Waals surface area contributed by atoms with Gasteiger partial charge >= 0.3 is 0 Å². The second-order valence-electron chi connectivity index (χ2n) is 32.4. The fourth-order valence-corrected chi connectivity index (χ4v) is 15.0. The minimum atomic E-state index is -3.08. The smallest absolute Gasteiger partial charge is 0.216 e. The van der Waals surface area contributed by atoms with E-state index in [0.717, 1.165) is 116 Å². The average molecular weight is 2680 g/mol. The molecule has 148 heavy (non-hydrogen) atoms. The van der Waals surface area contributed by atoms with Crippen LogP contribution in [0.1, 0.15) is 202 Å². The van der Waals surface area contributed by atoms with Gasteiger partial charge in [-0.2, -0.15) is 0 Å². The monoisotopic (exact) mass is 2680 g/mol. The quantitative estimate of drug-likeness (QED) is 0.0984. The molecule has 0 fully saturated rings. The summed E-state index contributed by atoms with van der Waals surface area (Å²) in [5, 5.41) is 6.73. The summed E-state index contributed by atoms with van der Waals surface area (Å²) in [5.74, 6) is -10.8. The molecular formula is C128H108Ir4N12O4-8. The maximum atomic E-state index is 8.40. The number of benzene rings is 8. The van der Waals surface area contributed by atoms with Crippen LogP contribution >= 0.6 is 0 Å². The summed E-state index contributed by atoms with van der Waals surface area (Å²) in [6.07, 6.45) is 14.6. The molecule has 24 aromatic rings. The molecular weight excluding hydrogens is 2540 g/mol. The van der Waals surface area contributed by atoms with Crippen molar-refractivity contribution >= 4 is 88.3 Å². The molecule has 4 radical (unpaired) electrons. The van der Waals surface area contributed by atoms with Crippen LogP contribution in [0.2, 0.25) is 0 Å². The Morgan fingerprint density at radius 1 is 0.236 bits per heavy atom. The first-order chi connectivity index (χ1) is 84.0. The van der Waals surface area contributed by atoms with Gasteiger partial charge in [0, 0.05) is 223 Å². The van der Waals surface area contributed by atoms with E-state index in [-0.39, 0.29) is 131 Å². The molecule has 0 bridgehead atoms. The molecule has 1 unspecified atom stereocenters. The van der Waals surface area contributed by atoms with Crippen molar-refractivity contribution in [3.8, 4) is 90.1 Å². The van der Waals surface area contributed by atoms with Gasteiger partial charge in [0.2, 0.25) is 22.9 Å². The molecule has 748 valence electrons. The van der Waals surface area contributed by atoms with Crippen molar-refractivity contribution in [2.75, 3.05) is 0 Å². The molecule has 0 N–H and O–H groups in total. The summed E-state index contributed by atoms with van der Waals surface area (Å²) < 4.78 is 291. The van der Waals surface area contributed by atoms with Gasteiger partial charge in [0.05, 0.1) is 22.3 Å². The van der Waals surface area contributed by atoms with Crippen LogP contribution in [0, 0.1) is 82.9 Å². The topological polar surface area (TPSA) is 207 Å². The van der Waals surface area contributed by atoms with E-state index in [4.69, 9.17) is 65.6 Å². The second-order valence-corrected chi connectivity index (χ2v) is 32.4. The van der Waals surface area contributed by atoms with Crippen LogP contribution in [0.3, 0.4) is 0 Å². The van der Waals surface area contributed by atoms with Crippen LogP contribution < -0.4 is 0 Å². The van der Waals surface area contributed by atoms with Crippen molar-refractivity contribution in [1.82, 2.24) is 59.8 Å². The van der Waals surface area contributed by atoms with E-state index in [1.165, 1.54) is 86.7 Å². The molecule has 16 aromatic heterocycles. The standard InChI is InChI=1S/2C20H17N2O.2C19H15N2O.C14H14N.3C12H10N.4Ir/c2*1-12(2)14-9-10-21-18(11-14)17-6-4-5-15-16-8-7-13(3)22-20(16)23-19(15)17;2*1-12(2)13-8-10-20-17(11-13)16-6-3-5-14-15-7-4-9-21-19(15)22-18(14)16;1-11(2)13-8-9-14(15-10-13)12-6-4-3-5-7-12;3*1-10-7-8-12(13-9-10)11-5-3-2-4-6-11;;;;/h2*4-5,7-12H,1-3H3;2*3-5,7-12H,1-2H3;3-6,8-11H,1-2H3;3*2-5,7-9H,1H3;;;;/q8*-1;;;;/i3*1D3,2D3,12D;12D;1D3,11D;3*1D3;;;;. The number of rotatable bonds is 13. The van der Waals surface area contributed by atoms with Crippen LogP contribution in [0.4, 0.5) is 0 Å². The molecule has 0 aliphatic rings. The van der Waals surface area contributed by atoms with E-state index >= 15 is 0 Å². The molecule has 1 atom stereocenters. The van der Waals surface area contributed by atoms with Crippen LogP contribution in [-0.4, -0.2) is 59.8 Å². The van der Waals surface area contributed by atoms with Gasteiger partial charge < -0.3 is 57.5 Å². The predicted octanol–water partition coefficient (Wildman–Crippen LogP) is 32.7. The Hall–Kier alpha value is -14.6. The number of hydrogen-bond acceptors (Lipinski definition) is 16. The molecule has 0 saturated carbocycles. The van der Waals surface area contributed by atoms with E-state index in [1.54, 1.807) is 116 Å². The summed E-state index contributed by atoms with van der Waals surface area (Å²) in [7, 11) is 0. The molecule has 0 spiro atoms. The van der Waals surface area contributed by atoms with E-state index in [1.807, 2.05) is 185 Å². The first kappa shape index (κ1) is 71.8. The molecule has 20 heteroatoms. The summed E-state index contributed by atoms with van der Waals surface area (Å²) in [6.45, 7) is -18.3. The van der Waals surface area contributed by atoms with Gasteiger partial charge in [-0.05, 0) is 204 Å². The minimum Gasteiger partial charge on any atom is -0.486 e. The molecule has 24 rings (SSSR count). The first-order valence-electron chi connectivity index (χ1n) is 62.4. The molecule has 16 nitrogen and oxygen atoms in total. The van der Waals surface area contributed by atoms with Crippen molar-refractivity contribution in [3.05, 3.63) is 458 Å². The molecule has 0 aliphatic heterocycles. The van der Waals surface area contributed by atoms with Gasteiger partial charge in [-0.25, -0.2) is 19.9 Å². The van der Waals surface area contributed by atoms with Crippen LogP contribution in [-0.2, 0) is 80.4 Å². The zero-order valence-corrected chi connectivity index (χ0v) is 88.9. The van der Waals surface area contributed by atoms with Crippen molar-refractivity contribution in [2.24, 2.45) is 0 Å². The van der Waals surface area contributed by atoms with Crippen molar-refractivity contribution < 1.29 is 146 Å². The maximum absolute atomic E-state index is 8.40. The third kappa shape index (κ3) is 27.4. The molecule has 0 amide bonds. The first-order valence-corrected chi connectivity index (χ1v) is 44.9. The van der Waals surface area contributed by atoms with E-state index in [9.17, 15) is 0 Å². The minimum absolute atomic E-state index is 0. The summed E-state index contributed by atoms with van der Waals surface area (Å²) >= 11 is 0. The fraction of sp³-hybridized carbons (Fsp3) is 0.156. The predicted molar refractivity (Wildman–Crippen MR) is 582 cm³/mol. The number of aryl methyl sites for hydroxylation is 5. The number of nitrogens with zero attached hydrogens (tertiary/aromatic N) is 12. The van der Waals surface area contributed by atoms with Gasteiger partial charge in [-0.3, -0.25) is 0 Å². The average Bonchev–Trinajstić information content (AvgIpc) is 1.23. The summed E-state index contributed by atoms with van der Waals surface area (Å²) in [4.78, 5) is 51.1. The van der Waals surface area contributed by atoms with Crippen LogP contribution in [0.15, 0.2) is 371 Å². The Kier molecular flexibility index (Phi) is 25.5. The zero-order valence-electron chi connectivity index (χ0n) is 114. The molecule has 8 aromatic carbocycles. The third-order valence-corrected chi connectivity index (χ3v) is 22.2. The Labute approximate surface area is 968 Å². The van der Waals surface area contributed by atoms with Gasteiger partial charge in [0.25, 0.3) is 0 Å². The Balaban J connectivity index is 0.000000171. The normalized spacial score (nSPS) is 15.8. The number of pyridine rings is 12. The third-order valence-electron chi connectivity index (χ3n) is 22.2. The van der Waals surface area contributed by atoms with E-state index < -0.39 is 98.0 Å². The molecule has 0 aliphatic carbocycles. The summed E-state index contributed by atoms with van der Waals surface area (Å²) in [6, 6.07) is 108. The number of aromatic nitrogens is 12. The van der Waals surface area contributed by atoms with Crippen molar-refractivity contribution in [2.45, 2.75) is 133 Å². The zero-order chi connectivity index (χ0) is 130. The largest absolute Gasteiger partial charge is 0.486 e. The van der Waals surface area contributed by atoms with Crippen LogP contribution in [0.25, 0.3) is 178 Å². The van der Waals surface area contributed by atoms with Crippen molar-refractivity contribution in [3.63, 3.8) is 0 Å². The fourth-order valence-electron chi connectivity index (χ4n) is 15.0. The maximum Gasteiger partial charge on any atom is 0.216 e. The van der Waals surface area contributed by atoms with E-state index in [2.05, 4.69) is 108 Å².